The van der Waals surface area contributed by atoms with Crippen LogP contribution in [0.25, 0.3) is 11.1 Å². The molecule has 6 heteroatoms. The number of rotatable bonds is 8. The lowest BCUT2D eigenvalue weighted by atomic mass is 9.88. The van der Waals surface area contributed by atoms with Gasteiger partial charge in [0.2, 0.25) is 5.91 Å². The lowest BCUT2D eigenvalue weighted by molar-refractivity contribution is -0.136. The molecule has 1 unspecified atom stereocenters. The van der Waals surface area contributed by atoms with Crippen LogP contribution in [0.5, 0.6) is 5.75 Å². The number of carbonyl (C=O) groups is 2. The smallest absolute Gasteiger partial charge is 0.307 e. The van der Waals surface area contributed by atoms with Gasteiger partial charge in [-0.2, -0.15) is 0 Å². The molecule has 3 aromatic rings. The molecule has 1 aliphatic heterocycles. The Kier molecular flexibility index (Phi) is 7.49. The van der Waals surface area contributed by atoms with Crippen molar-refractivity contribution in [2.75, 3.05) is 13.2 Å². The Morgan fingerprint density at radius 1 is 1.03 bits per heavy atom. The van der Waals surface area contributed by atoms with Gasteiger partial charge in [0.05, 0.1) is 13.0 Å². The maximum Gasteiger partial charge on any atom is 0.307 e. The number of hydrogen-bond acceptors (Lipinski definition) is 3. The predicted octanol–water partition coefficient (Wildman–Crippen LogP) is 5.28. The molecule has 0 aromatic heterocycles. The fraction of sp³-hybridized carbons (Fsp3) is 0.310. The Morgan fingerprint density at radius 2 is 1.80 bits per heavy atom. The van der Waals surface area contributed by atoms with Crippen LogP contribution in [-0.4, -0.2) is 35.0 Å². The Balaban J connectivity index is 1.67. The van der Waals surface area contributed by atoms with Crippen LogP contribution in [0.15, 0.2) is 60.7 Å². The van der Waals surface area contributed by atoms with Crippen molar-refractivity contribution in [2.45, 2.75) is 39.7 Å². The van der Waals surface area contributed by atoms with Gasteiger partial charge in [0.15, 0.2) is 0 Å². The highest BCUT2D eigenvalue weighted by Crippen LogP contribution is 2.38. The number of halogens is 1. The van der Waals surface area contributed by atoms with E-state index in [2.05, 4.69) is 0 Å². The van der Waals surface area contributed by atoms with Crippen LogP contribution < -0.4 is 4.74 Å². The predicted molar refractivity (Wildman–Crippen MR) is 133 cm³/mol. The van der Waals surface area contributed by atoms with Crippen molar-refractivity contribution in [3.63, 3.8) is 0 Å². The molecule has 1 atom stereocenters. The molecule has 1 N–H and O–H groups in total. The first-order chi connectivity index (χ1) is 16.9. The number of fused-ring (bicyclic) bond motifs is 1. The highest BCUT2D eigenvalue weighted by molar-refractivity contribution is 5.81. The van der Waals surface area contributed by atoms with E-state index in [1.165, 1.54) is 6.07 Å². The van der Waals surface area contributed by atoms with Crippen molar-refractivity contribution < 1.29 is 23.8 Å². The first-order valence-corrected chi connectivity index (χ1v) is 12.0. The molecule has 0 spiro atoms. The van der Waals surface area contributed by atoms with E-state index in [1.54, 1.807) is 29.2 Å². The summed E-state index contributed by atoms with van der Waals surface area (Å²) in [5, 5.41) is 9.26. The summed E-state index contributed by atoms with van der Waals surface area (Å²) in [6.07, 6.45) is 0.951. The summed E-state index contributed by atoms with van der Waals surface area (Å²) >= 11 is 0. The van der Waals surface area contributed by atoms with Gasteiger partial charge in [0, 0.05) is 24.6 Å². The van der Waals surface area contributed by atoms with Crippen LogP contribution in [-0.2, 0) is 35.4 Å². The molecule has 1 aliphatic rings. The van der Waals surface area contributed by atoms with Crippen LogP contribution in [0.2, 0.25) is 0 Å². The van der Waals surface area contributed by atoms with Crippen LogP contribution in [0.3, 0.4) is 0 Å². The summed E-state index contributed by atoms with van der Waals surface area (Å²) in [6, 6.07) is 18.4. The number of ether oxygens (including phenoxy) is 1. The third-order valence-corrected chi connectivity index (χ3v) is 6.46. The van der Waals surface area contributed by atoms with Gasteiger partial charge in [-0.05, 0) is 65.8 Å². The molecule has 0 radical (unpaired) electrons. The fourth-order valence-electron chi connectivity index (χ4n) is 4.79. The normalized spacial score (nSPS) is 13.7. The van der Waals surface area contributed by atoms with E-state index in [4.69, 9.17) is 4.74 Å². The summed E-state index contributed by atoms with van der Waals surface area (Å²) in [6.45, 7) is 5.01. The van der Waals surface area contributed by atoms with Gasteiger partial charge in [0.25, 0.3) is 0 Å². The summed E-state index contributed by atoms with van der Waals surface area (Å²) in [5.41, 5.74) is 4.58. The van der Waals surface area contributed by atoms with E-state index in [9.17, 15) is 19.1 Å². The summed E-state index contributed by atoms with van der Waals surface area (Å²) in [7, 11) is 0. The van der Waals surface area contributed by atoms with Crippen molar-refractivity contribution >= 4 is 11.9 Å². The molecular weight excluding hydrogens is 445 g/mol. The summed E-state index contributed by atoms with van der Waals surface area (Å²) in [5.74, 6) is -0.761. The van der Waals surface area contributed by atoms with Crippen molar-refractivity contribution in [1.29, 1.82) is 0 Å². The second-order valence-corrected chi connectivity index (χ2v) is 8.99. The standard InChI is InChI=1S/C29H30FNO4/c1-3-35-27-12-9-21(17-28(32)33)16-24(27)22-10-11-26(30)23-13-14-31(18-25(22)23)29(34)19(2)15-20-7-5-4-6-8-20/h4-12,16,19H,3,13-15,17-18H2,1-2H3,(H,32,33). The molecule has 0 fully saturated rings. The first-order valence-electron chi connectivity index (χ1n) is 12.0. The largest absolute Gasteiger partial charge is 0.493 e. The van der Waals surface area contributed by atoms with Gasteiger partial charge in [-0.25, -0.2) is 4.39 Å². The fourth-order valence-corrected chi connectivity index (χ4v) is 4.79. The van der Waals surface area contributed by atoms with Gasteiger partial charge >= 0.3 is 5.97 Å². The molecule has 35 heavy (non-hydrogen) atoms. The van der Waals surface area contributed by atoms with E-state index in [0.29, 0.717) is 55.0 Å². The molecule has 0 saturated heterocycles. The van der Waals surface area contributed by atoms with Crippen LogP contribution >= 0.6 is 0 Å². The molecule has 4 rings (SSSR count). The molecule has 0 saturated carbocycles. The summed E-state index contributed by atoms with van der Waals surface area (Å²) < 4.78 is 20.7. The number of carboxylic acids is 1. The van der Waals surface area contributed by atoms with E-state index in [1.807, 2.05) is 44.2 Å². The third kappa shape index (κ3) is 5.53. The van der Waals surface area contributed by atoms with E-state index in [-0.39, 0.29) is 24.1 Å². The van der Waals surface area contributed by atoms with E-state index >= 15 is 0 Å². The topological polar surface area (TPSA) is 66.8 Å². The van der Waals surface area contributed by atoms with E-state index < -0.39 is 5.97 Å². The summed E-state index contributed by atoms with van der Waals surface area (Å²) in [4.78, 5) is 26.4. The zero-order valence-corrected chi connectivity index (χ0v) is 20.1. The van der Waals surface area contributed by atoms with Crippen molar-refractivity contribution in [1.82, 2.24) is 4.90 Å². The average molecular weight is 476 g/mol. The number of aliphatic carboxylic acids is 1. The quantitative estimate of drug-likeness (QED) is 0.481. The number of carboxylic acid groups (broad SMARTS) is 1. The Labute approximate surface area is 205 Å². The van der Waals surface area contributed by atoms with Crippen molar-refractivity contribution in [2.24, 2.45) is 5.92 Å². The van der Waals surface area contributed by atoms with Gasteiger partial charge < -0.3 is 14.7 Å². The van der Waals surface area contributed by atoms with Gasteiger partial charge in [-0.3, -0.25) is 9.59 Å². The Bertz CT molecular complexity index is 1220. The monoisotopic (exact) mass is 475 g/mol. The number of benzene rings is 3. The zero-order chi connectivity index (χ0) is 24.9. The molecule has 1 amide bonds. The van der Waals surface area contributed by atoms with Crippen LogP contribution in [0.1, 0.15) is 36.1 Å². The Hall–Kier alpha value is -3.67. The van der Waals surface area contributed by atoms with Gasteiger partial charge in [0.1, 0.15) is 11.6 Å². The van der Waals surface area contributed by atoms with Crippen molar-refractivity contribution in [3.05, 3.63) is 88.7 Å². The minimum atomic E-state index is -0.926. The van der Waals surface area contributed by atoms with E-state index in [0.717, 1.165) is 16.7 Å². The molecule has 0 aliphatic carbocycles. The highest BCUT2D eigenvalue weighted by atomic mass is 19.1. The van der Waals surface area contributed by atoms with Crippen molar-refractivity contribution in [3.8, 4) is 16.9 Å². The zero-order valence-electron chi connectivity index (χ0n) is 20.1. The molecule has 1 heterocycles. The SMILES string of the molecule is CCOc1ccc(CC(=O)O)cc1-c1ccc(F)c2c1CN(C(=O)C(C)Cc1ccccc1)CC2. The third-order valence-electron chi connectivity index (χ3n) is 6.46. The Morgan fingerprint density at radius 3 is 2.51 bits per heavy atom. The molecular formula is C29H30FNO4. The molecule has 3 aromatic carbocycles. The number of carbonyl (C=O) groups excluding carboxylic acids is 1. The second kappa shape index (κ2) is 10.7. The maximum absolute atomic E-state index is 14.8. The van der Waals surface area contributed by atoms with Crippen LogP contribution in [0.4, 0.5) is 4.39 Å². The number of nitrogens with zero attached hydrogens (tertiary/aromatic N) is 1. The minimum absolute atomic E-state index is 0.0411. The van der Waals surface area contributed by atoms with Gasteiger partial charge in [-0.15, -0.1) is 0 Å². The molecule has 5 nitrogen and oxygen atoms in total. The highest BCUT2D eigenvalue weighted by Gasteiger charge is 2.29. The number of amides is 1. The molecule has 0 bridgehead atoms. The lowest BCUT2D eigenvalue weighted by Crippen LogP contribution is -2.40. The molecule has 182 valence electrons. The number of hydrogen-bond donors (Lipinski definition) is 1. The second-order valence-electron chi connectivity index (χ2n) is 8.99. The minimum Gasteiger partial charge on any atom is -0.493 e. The maximum atomic E-state index is 14.8. The average Bonchev–Trinajstić information content (AvgIpc) is 2.85. The van der Waals surface area contributed by atoms with Gasteiger partial charge in [-0.1, -0.05) is 49.4 Å². The van der Waals surface area contributed by atoms with Crippen LogP contribution in [0, 0.1) is 11.7 Å². The first kappa shape index (κ1) is 24.5. The lowest BCUT2D eigenvalue weighted by Gasteiger charge is -2.33.